The van der Waals surface area contributed by atoms with Crippen molar-refractivity contribution in [3.8, 4) is 0 Å². The van der Waals surface area contributed by atoms with Crippen LogP contribution in [0.5, 0.6) is 0 Å². The Bertz CT molecular complexity index is 777. The van der Waals surface area contributed by atoms with Gasteiger partial charge in [-0.2, -0.15) is 0 Å². The quantitative estimate of drug-likeness (QED) is 0.627. The molecule has 0 N–H and O–H groups in total. The summed E-state index contributed by atoms with van der Waals surface area (Å²) in [5.41, 5.74) is 4.86. The number of imide groups is 1. The van der Waals surface area contributed by atoms with E-state index < -0.39 is 0 Å². The lowest BCUT2D eigenvalue weighted by Gasteiger charge is -2.45. The van der Waals surface area contributed by atoms with Crippen LogP contribution in [0.3, 0.4) is 0 Å². The van der Waals surface area contributed by atoms with Crippen molar-refractivity contribution in [1.82, 2.24) is 4.90 Å². The first-order valence-corrected chi connectivity index (χ1v) is 9.36. The van der Waals surface area contributed by atoms with Crippen LogP contribution in [0.1, 0.15) is 40.5 Å². The third-order valence-corrected chi connectivity index (χ3v) is 6.32. The number of benzene rings is 2. The third-order valence-electron chi connectivity index (χ3n) is 6.06. The molecule has 1 saturated heterocycles. The van der Waals surface area contributed by atoms with Crippen LogP contribution in [0, 0.1) is 11.8 Å². The Kier molecular flexibility index (Phi) is 3.29. The fraction of sp³-hybridized carbons (Fsp3) is 0.333. The first kappa shape index (κ1) is 15.2. The molecule has 4 heteroatoms. The van der Waals surface area contributed by atoms with Gasteiger partial charge in [-0.15, -0.1) is 11.6 Å². The average molecular weight is 352 g/mol. The summed E-state index contributed by atoms with van der Waals surface area (Å²) < 4.78 is 0. The highest BCUT2D eigenvalue weighted by atomic mass is 35.5. The summed E-state index contributed by atoms with van der Waals surface area (Å²) in [4.78, 5) is 27.7. The van der Waals surface area contributed by atoms with Crippen molar-refractivity contribution in [1.29, 1.82) is 0 Å². The SMILES string of the molecule is O=C1[C@@H]2C3c4ccccc4C(c4ccccc43)[C@@H]2C(=O)N1CCCCl. The normalized spacial score (nSPS) is 28.8. The Morgan fingerprint density at radius 2 is 1.16 bits per heavy atom. The van der Waals surface area contributed by atoms with Crippen molar-refractivity contribution in [2.45, 2.75) is 18.3 Å². The molecule has 1 fully saturated rings. The van der Waals surface area contributed by atoms with E-state index in [1.807, 2.05) is 24.3 Å². The van der Waals surface area contributed by atoms with Crippen LogP contribution < -0.4 is 0 Å². The Labute approximate surface area is 151 Å². The standard InChI is InChI=1S/C21H18ClNO2/c22-10-5-11-23-20(24)18-16-12-6-1-2-7-13(12)17(19(18)21(23)25)15-9-4-3-8-14(15)16/h1-4,6-9,16-19H,5,10-11H2/t16?,17?,18-,19+. The summed E-state index contributed by atoms with van der Waals surface area (Å²) in [6, 6.07) is 16.6. The zero-order valence-electron chi connectivity index (χ0n) is 13.7. The van der Waals surface area contributed by atoms with Gasteiger partial charge in [0.15, 0.2) is 0 Å². The molecule has 0 aromatic heterocycles. The van der Waals surface area contributed by atoms with Gasteiger partial charge in [0, 0.05) is 24.3 Å². The third kappa shape index (κ3) is 1.87. The lowest BCUT2D eigenvalue weighted by molar-refractivity contribution is -0.139. The molecule has 1 aliphatic heterocycles. The van der Waals surface area contributed by atoms with Crippen LogP contribution in [-0.4, -0.2) is 29.1 Å². The van der Waals surface area contributed by atoms with E-state index in [4.69, 9.17) is 11.6 Å². The second-order valence-electron chi connectivity index (χ2n) is 7.14. The van der Waals surface area contributed by atoms with Gasteiger partial charge in [-0.05, 0) is 28.7 Å². The molecule has 0 radical (unpaired) electrons. The number of carbonyl (C=O) groups excluding carboxylic acids is 2. The highest BCUT2D eigenvalue weighted by Crippen LogP contribution is 2.60. The number of nitrogens with zero attached hydrogens (tertiary/aromatic N) is 1. The molecule has 2 bridgehead atoms. The van der Waals surface area contributed by atoms with Crippen LogP contribution in [-0.2, 0) is 9.59 Å². The zero-order valence-corrected chi connectivity index (χ0v) is 14.4. The van der Waals surface area contributed by atoms with Gasteiger partial charge in [0.2, 0.25) is 11.8 Å². The highest BCUT2D eigenvalue weighted by Gasteiger charge is 2.61. The second kappa shape index (κ2) is 5.43. The maximum absolute atomic E-state index is 13.1. The smallest absolute Gasteiger partial charge is 0.234 e. The fourth-order valence-electron chi connectivity index (χ4n) is 5.18. The first-order valence-electron chi connectivity index (χ1n) is 8.83. The molecule has 3 aliphatic carbocycles. The molecule has 6 rings (SSSR count). The summed E-state index contributed by atoms with van der Waals surface area (Å²) in [6.07, 6.45) is 0.647. The number of hydrogen-bond donors (Lipinski definition) is 0. The Hall–Kier alpha value is -2.13. The topological polar surface area (TPSA) is 37.4 Å². The zero-order chi connectivity index (χ0) is 17.1. The lowest BCUT2D eigenvalue weighted by Crippen LogP contribution is -2.41. The molecule has 25 heavy (non-hydrogen) atoms. The van der Waals surface area contributed by atoms with Crippen molar-refractivity contribution < 1.29 is 9.59 Å². The van der Waals surface area contributed by atoms with E-state index in [9.17, 15) is 9.59 Å². The van der Waals surface area contributed by atoms with Crippen molar-refractivity contribution in [2.24, 2.45) is 11.8 Å². The van der Waals surface area contributed by atoms with E-state index in [-0.39, 0.29) is 35.5 Å². The van der Waals surface area contributed by atoms with Gasteiger partial charge in [-0.3, -0.25) is 14.5 Å². The van der Waals surface area contributed by atoms with E-state index in [1.54, 1.807) is 0 Å². The summed E-state index contributed by atoms with van der Waals surface area (Å²) in [5, 5.41) is 0. The van der Waals surface area contributed by atoms with Gasteiger partial charge in [0.1, 0.15) is 0 Å². The number of likely N-dealkylation sites (tertiary alicyclic amines) is 1. The molecular formula is C21H18ClNO2. The van der Waals surface area contributed by atoms with Gasteiger partial charge < -0.3 is 0 Å². The predicted octanol–water partition coefficient (Wildman–Crippen LogP) is 3.51. The fourth-order valence-corrected chi connectivity index (χ4v) is 5.30. The van der Waals surface area contributed by atoms with Gasteiger partial charge in [-0.1, -0.05) is 48.5 Å². The summed E-state index contributed by atoms with van der Waals surface area (Å²) in [6.45, 7) is 0.431. The van der Waals surface area contributed by atoms with Gasteiger partial charge in [0.05, 0.1) is 11.8 Å². The molecule has 2 aromatic rings. The molecule has 0 saturated carbocycles. The van der Waals surface area contributed by atoms with E-state index >= 15 is 0 Å². The van der Waals surface area contributed by atoms with Crippen LogP contribution in [0.2, 0.25) is 0 Å². The van der Waals surface area contributed by atoms with Crippen molar-refractivity contribution in [3.63, 3.8) is 0 Å². The Morgan fingerprint density at radius 1 is 0.760 bits per heavy atom. The number of alkyl halides is 1. The van der Waals surface area contributed by atoms with Gasteiger partial charge in [-0.25, -0.2) is 0 Å². The Balaban J connectivity index is 1.70. The van der Waals surface area contributed by atoms with Gasteiger partial charge in [0.25, 0.3) is 0 Å². The Morgan fingerprint density at radius 3 is 1.52 bits per heavy atom. The number of hydrogen-bond acceptors (Lipinski definition) is 2. The number of rotatable bonds is 3. The molecule has 2 aromatic carbocycles. The minimum Gasteiger partial charge on any atom is -0.282 e. The molecule has 2 atom stereocenters. The first-order chi connectivity index (χ1) is 12.2. The van der Waals surface area contributed by atoms with E-state index in [1.165, 1.54) is 27.2 Å². The molecule has 4 aliphatic rings. The van der Waals surface area contributed by atoms with E-state index in [2.05, 4.69) is 24.3 Å². The number of amides is 2. The second-order valence-corrected chi connectivity index (χ2v) is 7.51. The van der Waals surface area contributed by atoms with Crippen LogP contribution >= 0.6 is 11.6 Å². The molecule has 2 amide bonds. The summed E-state index contributed by atoms with van der Waals surface area (Å²) in [5.74, 6) is -0.132. The van der Waals surface area contributed by atoms with Crippen LogP contribution in [0.15, 0.2) is 48.5 Å². The minimum atomic E-state index is -0.266. The number of halogens is 1. The van der Waals surface area contributed by atoms with Crippen molar-refractivity contribution in [2.75, 3.05) is 12.4 Å². The molecular weight excluding hydrogens is 334 g/mol. The lowest BCUT2D eigenvalue weighted by atomic mass is 9.55. The average Bonchev–Trinajstić information content (AvgIpc) is 2.91. The maximum atomic E-state index is 13.1. The molecule has 0 unspecified atom stereocenters. The highest BCUT2D eigenvalue weighted by molar-refractivity contribution is 6.17. The van der Waals surface area contributed by atoms with Crippen molar-refractivity contribution in [3.05, 3.63) is 70.8 Å². The molecule has 1 heterocycles. The monoisotopic (exact) mass is 351 g/mol. The number of carbonyl (C=O) groups is 2. The molecule has 0 spiro atoms. The summed E-state index contributed by atoms with van der Waals surface area (Å²) in [7, 11) is 0. The summed E-state index contributed by atoms with van der Waals surface area (Å²) >= 11 is 5.79. The predicted molar refractivity (Wildman–Crippen MR) is 95.6 cm³/mol. The van der Waals surface area contributed by atoms with Crippen molar-refractivity contribution >= 4 is 23.4 Å². The molecule has 3 nitrogen and oxygen atoms in total. The van der Waals surface area contributed by atoms with Crippen LogP contribution in [0.25, 0.3) is 0 Å². The van der Waals surface area contributed by atoms with E-state index in [0.29, 0.717) is 18.8 Å². The minimum absolute atomic E-state index is 0.0140. The molecule has 126 valence electrons. The van der Waals surface area contributed by atoms with Gasteiger partial charge >= 0.3 is 0 Å². The van der Waals surface area contributed by atoms with E-state index in [0.717, 1.165) is 0 Å². The largest absolute Gasteiger partial charge is 0.282 e. The maximum Gasteiger partial charge on any atom is 0.234 e. The van der Waals surface area contributed by atoms with Crippen LogP contribution in [0.4, 0.5) is 0 Å².